The van der Waals surface area contributed by atoms with Crippen molar-refractivity contribution in [3.05, 3.63) is 71.4 Å². The number of pyridine rings is 1. The van der Waals surface area contributed by atoms with Gasteiger partial charge in [-0.1, -0.05) is 6.07 Å². The van der Waals surface area contributed by atoms with Crippen molar-refractivity contribution in [1.29, 1.82) is 0 Å². The first-order chi connectivity index (χ1) is 13.8. The van der Waals surface area contributed by atoms with Crippen LogP contribution in [0.1, 0.15) is 23.1 Å². The first-order valence-electron chi connectivity index (χ1n) is 8.52. The number of nitrogens with two attached hydrogens (primary N) is 1. The lowest BCUT2D eigenvalue weighted by molar-refractivity contribution is -0.129. The number of rotatable bonds is 4. The van der Waals surface area contributed by atoms with Crippen LogP contribution in [0.25, 0.3) is 11.3 Å². The Bertz CT molecular complexity index is 1110. The van der Waals surface area contributed by atoms with Crippen LogP contribution in [-0.4, -0.2) is 39.0 Å². The second-order valence-corrected chi connectivity index (χ2v) is 6.51. The van der Waals surface area contributed by atoms with E-state index in [-0.39, 0.29) is 28.2 Å². The monoisotopic (exact) mass is 400 g/mol. The Morgan fingerprint density at radius 3 is 2.59 bits per heavy atom. The van der Waals surface area contributed by atoms with E-state index < -0.39 is 23.7 Å². The number of alkyl halides is 2. The maximum absolute atomic E-state index is 14.4. The Morgan fingerprint density at radius 1 is 1.17 bits per heavy atom. The number of hydrogen-bond donors (Lipinski definition) is 2. The number of nitrogens with zero attached hydrogens (tertiary/aromatic N) is 4. The van der Waals surface area contributed by atoms with Crippen molar-refractivity contribution < 1.29 is 18.0 Å². The Balaban J connectivity index is 1.98. The molecule has 0 spiro atoms. The number of guanidine groups is 1. The highest BCUT2D eigenvalue weighted by atomic mass is 19.3. The first kappa shape index (κ1) is 18.7. The number of halogens is 3. The molecule has 10 heteroatoms. The molecule has 7 nitrogen and oxygen atoms in total. The molecule has 3 heterocycles. The number of aliphatic imine (C=N–C) groups is 1. The summed E-state index contributed by atoms with van der Waals surface area (Å²) in [6, 6.07) is 6.67. The molecule has 1 aromatic carbocycles. The number of benzene rings is 1. The lowest BCUT2D eigenvalue weighted by atomic mass is 9.82. The highest BCUT2D eigenvalue weighted by Crippen LogP contribution is 2.41. The van der Waals surface area contributed by atoms with Gasteiger partial charge in [-0.25, -0.2) is 18.2 Å². The molecule has 4 rings (SSSR count). The number of carbonyl (C=O) groups is 1. The fraction of sp³-hybridized carbons (Fsp3) is 0.158. The van der Waals surface area contributed by atoms with E-state index in [0.717, 1.165) is 17.2 Å². The largest absolute Gasteiger partial charge is 0.369 e. The molecule has 29 heavy (non-hydrogen) atoms. The second kappa shape index (κ2) is 6.73. The van der Waals surface area contributed by atoms with Gasteiger partial charge in [0.2, 0.25) is 0 Å². The van der Waals surface area contributed by atoms with Crippen LogP contribution in [-0.2, 0) is 10.3 Å². The molecule has 0 aliphatic carbocycles. The second-order valence-electron chi connectivity index (χ2n) is 6.51. The molecule has 0 bridgehead atoms. The van der Waals surface area contributed by atoms with Crippen LogP contribution in [0.5, 0.6) is 0 Å². The van der Waals surface area contributed by atoms with Crippen LogP contribution in [0.2, 0.25) is 0 Å². The van der Waals surface area contributed by atoms with Gasteiger partial charge >= 0.3 is 0 Å². The standard InChI is InChI=1S/C19H15F3N6O/c1-28-17(29)19(26-18(28)23,12-6-10(16(21)22)8-24-9-12)11-2-3-14(20)13(7-11)15-4-5-25-27-15/h2-9,16H,1H3,(H2,23,26)(H,25,27). The Morgan fingerprint density at radius 2 is 1.97 bits per heavy atom. The summed E-state index contributed by atoms with van der Waals surface area (Å²) in [5.41, 5.74) is 4.53. The van der Waals surface area contributed by atoms with Gasteiger partial charge in [0, 0.05) is 42.3 Å². The molecule has 1 unspecified atom stereocenters. The summed E-state index contributed by atoms with van der Waals surface area (Å²) in [5.74, 6) is -1.22. The summed E-state index contributed by atoms with van der Waals surface area (Å²) in [5, 5.41) is 6.56. The molecule has 1 atom stereocenters. The van der Waals surface area contributed by atoms with Gasteiger partial charge in [0.25, 0.3) is 12.3 Å². The number of aromatic nitrogens is 3. The third-order valence-electron chi connectivity index (χ3n) is 4.83. The van der Waals surface area contributed by atoms with Crippen molar-refractivity contribution in [2.45, 2.75) is 12.0 Å². The van der Waals surface area contributed by atoms with E-state index in [2.05, 4.69) is 20.2 Å². The number of H-pyrrole nitrogens is 1. The summed E-state index contributed by atoms with van der Waals surface area (Å²) in [6.07, 6.45) is 1.02. The third-order valence-corrected chi connectivity index (χ3v) is 4.83. The van der Waals surface area contributed by atoms with Crippen LogP contribution in [0.15, 0.2) is 53.9 Å². The molecule has 1 amide bonds. The molecular weight excluding hydrogens is 385 g/mol. The van der Waals surface area contributed by atoms with Gasteiger partial charge in [0.1, 0.15) is 5.82 Å². The van der Waals surface area contributed by atoms with Gasteiger partial charge in [0.15, 0.2) is 11.5 Å². The van der Waals surface area contributed by atoms with E-state index >= 15 is 0 Å². The first-order valence-corrected chi connectivity index (χ1v) is 8.52. The number of carbonyl (C=O) groups excluding carboxylic acids is 1. The minimum Gasteiger partial charge on any atom is -0.369 e. The van der Waals surface area contributed by atoms with Crippen molar-refractivity contribution in [3.8, 4) is 11.3 Å². The van der Waals surface area contributed by atoms with E-state index in [1.807, 2.05) is 0 Å². The number of amides is 1. The molecule has 0 saturated carbocycles. The zero-order chi connectivity index (χ0) is 20.8. The van der Waals surface area contributed by atoms with Gasteiger partial charge in [0.05, 0.1) is 5.69 Å². The minimum atomic E-state index is -2.79. The maximum Gasteiger partial charge on any atom is 0.266 e. The number of aromatic amines is 1. The van der Waals surface area contributed by atoms with Crippen LogP contribution in [0, 0.1) is 5.82 Å². The van der Waals surface area contributed by atoms with Crippen molar-refractivity contribution in [3.63, 3.8) is 0 Å². The van der Waals surface area contributed by atoms with E-state index in [9.17, 15) is 18.0 Å². The molecule has 0 radical (unpaired) electrons. The van der Waals surface area contributed by atoms with Crippen molar-refractivity contribution in [2.24, 2.45) is 10.7 Å². The third kappa shape index (κ3) is 2.84. The van der Waals surface area contributed by atoms with E-state index in [0.29, 0.717) is 5.69 Å². The summed E-state index contributed by atoms with van der Waals surface area (Å²) in [7, 11) is 1.42. The molecule has 1 aliphatic rings. The zero-order valence-electron chi connectivity index (χ0n) is 15.1. The molecule has 0 fully saturated rings. The topological polar surface area (TPSA) is 100 Å². The summed E-state index contributed by atoms with van der Waals surface area (Å²) < 4.78 is 41.0. The summed E-state index contributed by atoms with van der Waals surface area (Å²) >= 11 is 0. The molecule has 1 aliphatic heterocycles. The van der Waals surface area contributed by atoms with Crippen molar-refractivity contribution >= 4 is 11.9 Å². The zero-order valence-corrected chi connectivity index (χ0v) is 15.1. The summed E-state index contributed by atoms with van der Waals surface area (Å²) in [4.78, 5) is 22.5. The predicted molar refractivity (Wildman–Crippen MR) is 98.3 cm³/mol. The van der Waals surface area contributed by atoms with Gasteiger partial charge in [-0.15, -0.1) is 0 Å². The smallest absolute Gasteiger partial charge is 0.266 e. The van der Waals surface area contributed by atoms with Crippen LogP contribution in [0.3, 0.4) is 0 Å². The Labute approximate surface area is 163 Å². The summed E-state index contributed by atoms with van der Waals surface area (Å²) in [6.45, 7) is 0. The van der Waals surface area contributed by atoms with Gasteiger partial charge in [-0.2, -0.15) is 5.10 Å². The van der Waals surface area contributed by atoms with E-state index in [1.165, 1.54) is 37.6 Å². The van der Waals surface area contributed by atoms with Crippen LogP contribution < -0.4 is 5.73 Å². The van der Waals surface area contributed by atoms with E-state index in [4.69, 9.17) is 5.73 Å². The van der Waals surface area contributed by atoms with Crippen molar-refractivity contribution in [2.75, 3.05) is 7.05 Å². The minimum absolute atomic E-state index is 0.0944. The van der Waals surface area contributed by atoms with Crippen LogP contribution >= 0.6 is 0 Å². The lowest BCUT2D eigenvalue weighted by Gasteiger charge is -2.26. The SMILES string of the molecule is CN1C(=O)C(c2cncc(C(F)F)c2)(c2ccc(F)c(-c3cc[nH]n3)c2)N=C1N. The molecule has 148 valence electrons. The van der Waals surface area contributed by atoms with Gasteiger partial charge < -0.3 is 5.73 Å². The average molecular weight is 400 g/mol. The normalized spacial score (nSPS) is 19.1. The molecule has 3 N–H and O–H groups in total. The van der Waals surface area contributed by atoms with E-state index in [1.54, 1.807) is 6.07 Å². The number of hydrogen-bond acceptors (Lipinski definition) is 5. The Kier molecular flexibility index (Phi) is 4.33. The number of likely N-dealkylation sites (N-methyl/N-ethyl adjacent to an activating group) is 1. The van der Waals surface area contributed by atoms with Crippen molar-refractivity contribution in [1.82, 2.24) is 20.1 Å². The Hall–Kier alpha value is -3.69. The molecule has 0 saturated heterocycles. The highest BCUT2D eigenvalue weighted by molar-refractivity contribution is 6.09. The van der Waals surface area contributed by atoms with Gasteiger partial charge in [-0.3, -0.25) is 19.8 Å². The predicted octanol–water partition coefficient (Wildman–Crippen LogP) is 2.58. The maximum atomic E-state index is 14.4. The van der Waals surface area contributed by atoms with Crippen LogP contribution in [0.4, 0.5) is 13.2 Å². The van der Waals surface area contributed by atoms with Gasteiger partial charge in [-0.05, 0) is 29.8 Å². The molecule has 3 aromatic rings. The fourth-order valence-corrected chi connectivity index (χ4v) is 3.32. The number of nitrogens with one attached hydrogen (secondary N) is 1. The average Bonchev–Trinajstić information content (AvgIpc) is 3.32. The lowest BCUT2D eigenvalue weighted by Crippen LogP contribution is -2.41. The molecular formula is C19H15F3N6O. The quantitative estimate of drug-likeness (QED) is 0.703. The fourth-order valence-electron chi connectivity index (χ4n) is 3.32. The highest BCUT2D eigenvalue weighted by Gasteiger charge is 2.50. The molecule has 2 aromatic heterocycles.